The summed E-state index contributed by atoms with van der Waals surface area (Å²) < 4.78 is 0. The van der Waals surface area contributed by atoms with Crippen molar-refractivity contribution in [1.29, 1.82) is 0 Å². The molecule has 0 radical (unpaired) electrons. The number of benzene rings is 1. The van der Waals surface area contributed by atoms with E-state index in [2.05, 4.69) is 42.3 Å². The predicted molar refractivity (Wildman–Crippen MR) is 126 cm³/mol. The molecule has 6 rings (SSSR count). The third-order valence-electron chi connectivity index (χ3n) is 5.41. The average Bonchev–Trinajstić information content (AvgIpc) is 3.56. The normalized spacial score (nSPS) is 11.4. The number of nitrogens with one attached hydrogen (secondary N) is 2. The number of hydrogen-bond donors (Lipinski definition) is 2. The van der Waals surface area contributed by atoms with Crippen LogP contribution in [0.15, 0.2) is 67.3 Å². The summed E-state index contributed by atoms with van der Waals surface area (Å²) in [5.41, 5.74) is 6.10. The summed E-state index contributed by atoms with van der Waals surface area (Å²) in [6.07, 6.45) is 6.75. The molecule has 2 N–H and O–H groups in total. The van der Waals surface area contributed by atoms with Gasteiger partial charge in [-0.1, -0.05) is 12.1 Å². The van der Waals surface area contributed by atoms with Gasteiger partial charge in [0.25, 0.3) is 0 Å². The van der Waals surface area contributed by atoms with E-state index >= 15 is 0 Å². The highest BCUT2D eigenvalue weighted by Crippen LogP contribution is 2.37. The SMILES string of the molecule is CC(=O)c1ccc(-c2cccc3[nH]c(-c4n[nH]c5cnc(-c6cnccn6)cc45)cc23)s1. The van der Waals surface area contributed by atoms with E-state index in [1.807, 2.05) is 30.3 Å². The Kier molecular flexibility index (Phi) is 4.19. The highest BCUT2D eigenvalue weighted by molar-refractivity contribution is 7.17. The van der Waals surface area contributed by atoms with Gasteiger partial charge >= 0.3 is 0 Å². The lowest BCUT2D eigenvalue weighted by Gasteiger charge is -2.00. The van der Waals surface area contributed by atoms with E-state index in [9.17, 15) is 4.79 Å². The van der Waals surface area contributed by atoms with Crippen LogP contribution in [0.1, 0.15) is 16.6 Å². The van der Waals surface area contributed by atoms with Crippen molar-refractivity contribution in [2.75, 3.05) is 0 Å². The van der Waals surface area contributed by atoms with Crippen molar-refractivity contribution in [3.05, 3.63) is 72.1 Å². The number of carbonyl (C=O) groups excluding carboxylic acids is 1. The van der Waals surface area contributed by atoms with Gasteiger partial charge in [-0.15, -0.1) is 11.3 Å². The van der Waals surface area contributed by atoms with Crippen LogP contribution in [0.5, 0.6) is 0 Å². The summed E-state index contributed by atoms with van der Waals surface area (Å²) in [7, 11) is 0. The second-order valence-electron chi connectivity index (χ2n) is 7.45. The molecule has 32 heavy (non-hydrogen) atoms. The number of carbonyl (C=O) groups is 1. The maximum absolute atomic E-state index is 11.7. The Morgan fingerprint density at radius 3 is 2.69 bits per heavy atom. The second-order valence-corrected chi connectivity index (χ2v) is 8.53. The van der Waals surface area contributed by atoms with Crippen molar-refractivity contribution >= 4 is 38.9 Å². The van der Waals surface area contributed by atoms with Crippen LogP contribution in [0.4, 0.5) is 0 Å². The molecule has 5 heterocycles. The molecular formula is C24H16N6OS. The van der Waals surface area contributed by atoms with Gasteiger partial charge in [0.1, 0.15) is 11.4 Å². The molecule has 0 fully saturated rings. The molecule has 0 amide bonds. The number of rotatable bonds is 4. The minimum Gasteiger partial charge on any atom is -0.353 e. The Bertz CT molecular complexity index is 1610. The number of aromatic amines is 2. The Morgan fingerprint density at radius 1 is 0.938 bits per heavy atom. The zero-order valence-corrected chi connectivity index (χ0v) is 17.8. The molecule has 0 bridgehead atoms. The third kappa shape index (κ3) is 3.00. The lowest BCUT2D eigenvalue weighted by Crippen LogP contribution is -1.88. The fourth-order valence-corrected chi connectivity index (χ4v) is 4.80. The van der Waals surface area contributed by atoms with E-state index in [1.54, 1.807) is 31.7 Å². The summed E-state index contributed by atoms with van der Waals surface area (Å²) in [5.74, 6) is 0.0821. The number of fused-ring (bicyclic) bond motifs is 2. The molecular weight excluding hydrogens is 420 g/mol. The predicted octanol–water partition coefficient (Wildman–Crippen LogP) is 5.49. The second kappa shape index (κ2) is 7.21. The Hall–Kier alpha value is -4.17. The van der Waals surface area contributed by atoms with Gasteiger partial charge in [-0.05, 0) is 37.3 Å². The number of aromatic nitrogens is 6. The van der Waals surface area contributed by atoms with Gasteiger partial charge in [-0.25, -0.2) is 0 Å². The topological polar surface area (TPSA) is 100 Å². The first-order chi connectivity index (χ1) is 15.7. The molecule has 1 aromatic carbocycles. The number of thiophene rings is 1. The first kappa shape index (κ1) is 18.6. The molecule has 0 unspecified atom stereocenters. The molecule has 0 atom stereocenters. The molecule has 8 heteroatoms. The van der Waals surface area contributed by atoms with Crippen molar-refractivity contribution < 1.29 is 4.79 Å². The van der Waals surface area contributed by atoms with Crippen molar-refractivity contribution in [2.24, 2.45) is 0 Å². The maximum Gasteiger partial charge on any atom is 0.169 e. The minimum absolute atomic E-state index is 0.0821. The van der Waals surface area contributed by atoms with E-state index in [0.29, 0.717) is 5.69 Å². The molecule has 0 aliphatic heterocycles. The monoisotopic (exact) mass is 436 g/mol. The lowest BCUT2D eigenvalue weighted by atomic mass is 10.1. The Labute approximate surface area is 186 Å². The van der Waals surface area contributed by atoms with Gasteiger partial charge in [0, 0.05) is 39.1 Å². The fraction of sp³-hybridized carbons (Fsp3) is 0.0417. The summed E-state index contributed by atoms with van der Waals surface area (Å²) in [4.78, 5) is 30.0. The molecule has 0 saturated carbocycles. The molecule has 0 spiro atoms. The largest absolute Gasteiger partial charge is 0.353 e. The van der Waals surface area contributed by atoms with E-state index in [1.165, 1.54) is 11.3 Å². The zero-order chi connectivity index (χ0) is 21.7. The Balaban J connectivity index is 1.49. The van der Waals surface area contributed by atoms with Crippen LogP contribution >= 0.6 is 11.3 Å². The highest BCUT2D eigenvalue weighted by Gasteiger charge is 2.16. The average molecular weight is 437 g/mol. The van der Waals surface area contributed by atoms with Gasteiger partial charge in [-0.3, -0.25) is 24.8 Å². The minimum atomic E-state index is 0.0821. The number of pyridine rings is 1. The lowest BCUT2D eigenvalue weighted by molar-refractivity contribution is 0.102. The van der Waals surface area contributed by atoms with Gasteiger partial charge in [0.05, 0.1) is 34.2 Å². The number of nitrogens with zero attached hydrogens (tertiary/aromatic N) is 4. The number of hydrogen-bond acceptors (Lipinski definition) is 6. The first-order valence-electron chi connectivity index (χ1n) is 10.0. The molecule has 6 aromatic rings. The quantitative estimate of drug-likeness (QED) is 0.356. The maximum atomic E-state index is 11.7. The van der Waals surface area contributed by atoms with Gasteiger partial charge < -0.3 is 4.98 Å². The van der Waals surface area contributed by atoms with Gasteiger partial charge in [-0.2, -0.15) is 5.10 Å². The summed E-state index contributed by atoms with van der Waals surface area (Å²) in [6.45, 7) is 1.59. The third-order valence-corrected chi connectivity index (χ3v) is 6.63. The van der Waals surface area contributed by atoms with Gasteiger partial charge in [0.15, 0.2) is 5.78 Å². The van der Waals surface area contributed by atoms with Gasteiger partial charge in [0.2, 0.25) is 0 Å². The molecule has 5 aromatic heterocycles. The van der Waals surface area contributed by atoms with E-state index < -0.39 is 0 Å². The molecule has 154 valence electrons. The number of H-pyrrole nitrogens is 2. The highest BCUT2D eigenvalue weighted by atomic mass is 32.1. The van der Waals surface area contributed by atoms with E-state index in [4.69, 9.17) is 0 Å². The summed E-state index contributed by atoms with van der Waals surface area (Å²) in [5, 5.41) is 9.65. The van der Waals surface area contributed by atoms with Crippen LogP contribution in [0, 0.1) is 0 Å². The van der Waals surface area contributed by atoms with Crippen molar-refractivity contribution in [3.8, 4) is 33.2 Å². The van der Waals surface area contributed by atoms with Crippen LogP contribution < -0.4 is 0 Å². The standard InChI is InChI=1S/C24H16N6OS/c1-13(31)22-5-6-23(32-22)14-3-2-4-17-15(14)9-19(28-17)24-16-10-18(21-11-25-7-8-26-21)27-12-20(16)29-30-24/h2-12,28H,1H3,(H,29,30). The molecule has 0 saturated heterocycles. The molecule has 0 aliphatic rings. The summed E-state index contributed by atoms with van der Waals surface area (Å²) >= 11 is 1.51. The smallest absolute Gasteiger partial charge is 0.169 e. The fourth-order valence-electron chi connectivity index (χ4n) is 3.86. The van der Waals surface area contributed by atoms with Crippen LogP contribution in [0.25, 0.3) is 55.0 Å². The van der Waals surface area contributed by atoms with Crippen molar-refractivity contribution in [2.45, 2.75) is 6.92 Å². The first-order valence-corrected chi connectivity index (χ1v) is 10.8. The number of Topliss-reactive ketones (excluding diaryl/α,β-unsaturated/α-hetero) is 1. The van der Waals surface area contributed by atoms with Crippen molar-refractivity contribution in [3.63, 3.8) is 0 Å². The van der Waals surface area contributed by atoms with Crippen LogP contribution in [-0.4, -0.2) is 35.9 Å². The van der Waals surface area contributed by atoms with E-state index in [0.717, 1.165) is 54.2 Å². The van der Waals surface area contributed by atoms with Crippen LogP contribution in [0.3, 0.4) is 0 Å². The Morgan fingerprint density at radius 2 is 1.88 bits per heavy atom. The number of ketones is 1. The summed E-state index contributed by atoms with van der Waals surface area (Å²) in [6, 6.07) is 14.1. The van der Waals surface area contributed by atoms with Crippen LogP contribution in [-0.2, 0) is 0 Å². The zero-order valence-electron chi connectivity index (χ0n) is 17.0. The van der Waals surface area contributed by atoms with Crippen LogP contribution in [0.2, 0.25) is 0 Å². The van der Waals surface area contributed by atoms with E-state index in [-0.39, 0.29) is 5.78 Å². The molecule has 0 aliphatic carbocycles. The van der Waals surface area contributed by atoms with Crippen molar-refractivity contribution in [1.82, 2.24) is 30.1 Å². The molecule has 7 nitrogen and oxygen atoms in total.